The van der Waals surface area contributed by atoms with Gasteiger partial charge in [0, 0.05) is 5.92 Å². The fourth-order valence-electron chi connectivity index (χ4n) is 2.14. The van der Waals surface area contributed by atoms with E-state index >= 15 is 0 Å². The third kappa shape index (κ3) is 3.65. The van der Waals surface area contributed by atoms with Crippen molar-refractivity contribution in [3.8, 4) is 0 Å². The maximum absolute atomic E-state index is 13.7. The Morgan fingerprint density at radius 1 is 1.24 bits per heavy atom. The molecular weight excluding hydrogens is 215 g/mol. The number of aryl methyl sites for hydroxylation is 1. The van der Waals surface area contributed by atoms with Crippen molar-refractivity contribution in [2.24, 2.45) is 5.92 Å². The second-order valence-electron chi connectivity index (χ2n) is 4.62. The molecule has 1 rings (SSSR count). The lowest BCUT2D eigenvalue weighted by molar-refractivity contribution is 0.0900. The first-order valence-electron chi connectivity index (χ1n) is 6.40. The molecule has 0 N–H and O–H groups in total. The number of ketones is 1. The second kappa shape index (κ2) is 6.53. The maximum Gasteiger partial charge on any atom is 0.168 e. The highest BCUT2D eigenvalue weighted by atomic mass is 19.1. The topological polar surface area (TPSA) is 17.1 Å². The van der Waals surface area contributed by atoms with Crippen LogP contribution in [0.2, 0.25) is 0 Å². The minimum Gasteiger partial charge on any atom is -0.294 e. The molecule has 0 heterocycles. The normalized spacial score (nSPS) is 10.9. The van der Waals surface area contributed by atoms with Crippen molar-refractivity contribution in [2.45, 2.75) is 46.5 Å². The Bertz CT molecular complexity index is 379. The highest BCUT2D eigenvalue weighted by molar-refractivity contribution is 5.98. The predicted molar refractivity (Wildman–Crippen MR) is 68.8 cm³/mol. The molecule has 0 aliphatic heterocycles. The Hall–Kier alpha value is -1.18. The van der Waals surface area contributed by atoms with Gasteiger partial charge >= 0.3 is 0 Å². The molecule has 0 radical (unpaired) electrons. The second-order valence-corrected chi connectivity index (χ2v) is 4.62. The molecule has 2 heteroatoms. The summed E-state index contributed by atoms with van der Waals surface area (Å²) in [7, 11) is 0. The number of Topliss-reactive ketones (excluding diaryl/α,β-unsaturated/α-hetero) is 1. The van der Waals surface area contributed by atoms with E-state index in [1.165, 1.54) is 6.07 Å². The summed E-state index contributed by atoms with van der Waals surface area (Å²) in [5.41, 5.74) is 1.10. The van der Waals surface area contributed by atoms with E-state index in [2.05, 4.69) is 13.8 Å². The fraction of sp³-hybridized carbons (Fsp3) is 0.533. The van der Waals surface area contributed by atoms with Gasteiger partial charge < -0.3 is 0 Å². The number of carbonyl (C=O) groups excluding carboxylic acids is 1. The molecule has 0 saturated heterocycles. The van der Waals surface area contributed by atoms with Crippen molar-refractivity contribution in [1.29, 1.82) is 0 Å². The van der Waals surface area contributed by atoms with Crippen molar-refractivity contribution in [3.63, 3.8) is 0 Å². The van der Waals surface area contributed by atoms with Gasteiger partial charge in [0.25, 0.3) is 0 Å². The summed E-state index contributed by atoms with van der Waals surface area (Å²) < 4.78 is 13.7. The van der Waals surface area contributed by atoms with Gasteiger partial charge in [-0.15, -0.1) is 0 Å². The molecule has 0 spiro atoms. The Balaban J connectivity index is 2.92. The lowest BCUT2D eigenvalue weighted by Crippen LogP contribution is -2.16. The zero-order valence-corrected chi connectivity index (χ0v) is 10.9. The molecule has 1 nitrogen and oxygen atoms in total. The summed E-state index contributed by atoms with van der Waals surface area (Å²) in [6.45, 7) is 5.94. The summed E-state index contributed by atoms with van der Waals surface area (Å²) >= 11 is 0. The highest BCUT2D eigenvalue weighted by Crippen LogP contribution is 2.21. The van der Waals surface area contributed by atoms with Crippen LogP contribution in [-0.2, 0) is 0 Å². The minimum absolute atomic E-state index is 0.0257. The summed E-state index contributed by atoms with van der Waals surface area (Å²) in [5.74, 6) is -0.444. The van der Waals surface area contributed by atoms with Crippen molar-refractivity contribution in [1.82, 2.24) is 0 Å². The Morgan fingerprint density at radius 3 is 2.29 bits per heavy atom. The first-order chi connectivity index (χ1) is 8.10. The molecular formula is C15H21FO. The van der Waals surface area contributed by atoms with Gasteiger partial charge in [-0.1, -0.05) is 32.8 Å². The van der Waals surface area contributed by atoms with Crippen LogP contribution in [0, 0.1) is 18.7 Å². The van der Waals surface area contributed by atoms with Crippen LogP contribution in [0.4, 0.5) is 4.39 Å². The van der Waals surface area contributed by atoms with E-state index in [1.807, 2.05) is 6.92 Å². The lowest BCUT2D eigenvalue weighted by Gasteiger charge is -2.14. The van der Waals surface area contributed by atoms with Crippen LogP contribution in [0.25, 0.3) is 0 Å². The van der Waals surface area contributed by atoms with Gasteiger partial charge in [0.05, 0.1) is 5.56 Å². The zero-order valence-electron chi connectivity index (χ0n) is 10.9. The number of rotatable bonds is 6. The van der Waals surface area contributed by atoms with Gasteiger partial charge in [0.1, 0.15) is 5.82 Å². The number of carbonyl (C=O) groups is 1. The van der Waals surface area contributed by atoms with Crippen molar-refractivity contribution in [3.05, 3.63) is 35.1 Å². The van der Waals surface area contributed by atoms with Crippen molar-refractivity contribution < 1.29 is 9.18 Å². The third-order valence-electron chi connectivity index (χ3n) is 3.04. The van der Waals surface area contributed by atoms with E-state index in [4.69, 9.17) is 0 Å². The minimum atomic E-state index is -0.382. The smallest absolute Gasteiger partial charge is 0.168 e. The SMILES string of the molecule is CCCC(CCC)C(=O)c1ccc(C)cc1F. The highest BCUT2D eigenvalue weighted by Gasteiger charge is 2.21. The molecule has 94 valence electrons. The molecule has 0 amide bonds. The molecule has 0 atom stereocenters. The number of halogens is 1. The van der Waals surface area contributed by atoms with Crippen LogP contribution in [0.3, 0.4) is 0 Å². The van der Waals surface area contributed by atoms with Crippen molar-refractivity contribution in [2.75, 3.05) is 0 Å². The van der Waals surface area contributed by atoms with Crippen LogP contribution in [0.1, 0.15) is 55.5 Å². The van der Waals surface area contributed by atoms with E-state index in [0.29, 0.717) is 0 Å². The molecule has 0 aromatic heterocycles. The third-order valence-corrected chi connectivity index (χ3v) is 3.04. The van der Waals surface area contributed by atoms with Gasteiger partial charge in [-0.05, 0) is 37.5 Å². The molecule has 0 unspecified atom stereocenters. The largest absolute Gasteiger partial charge is 0.294 e. The molecule has 0 fully saturated rings. The van der Waals surface area contributed by atoms with Crippen LogP contribution in [0.15, 0.2) is 18.2 Å². The lowest BCUT2D eigenvalue weighted by atomic mass is 9.89. The Kier molecular flexibility index (Phi) is 5.33. The van der Waals surface area contributed by atoms with Gasteiger partial charge in [-0.25, -0.2) is 4.39 Å². The average Bonchev–Trinajstić information content (AvgIpc) is 2.28. The molecule has 0 bridgehead atoms. The van der Waals surface area contributed by atoms with E-state index < -0.39 is 0 Å². The van der Waals surface area contributed by atoms with E-state index in [0.717, 1.165) is 31.2 Å². The summed E-state index contributed by atoms with van der Waals surface area (Å²) in [5, 5.41) is 0. The number of hydrogen-bond acceptors (Lipinski definition) is 1. The zero-order chi connectivity index (χ0) is 12.8. The first kappa shape index (κ1) is 13.9. The summed E-state index contributed by atoms with van der Waals surface area (Å²) in [6, 6.07) is 4.85. The Morgan fingerprint density at radius 2 is 1.82 bits per heavy atom. The van der Waals surface area contributed by atoms with E-state index in [1.54, 1.807) is 12.1 Å². The quantitative estimate of drug-likeness (QED) is 0.663. The van der Waals surface area contributed by atoms with Crippen LogP contribution < -0.4 is 0 Å². The molecule has 0 saturated carbocycles. The maximum atomic E-state index is 13.7. The predicted octanol–water partition coefficient (Wildman–Crippen LogP) is 4.53. The molecule has 0 aliphatic rings. The van der Waals surface area contributed by atoms with Crippen LogP contribution in [0.5, 0.6) is 0 Å². The monoisotopic (exact) mass is 236 g/mol. The fourth-order valence-corrected chi connectivity index (χ4v) is 2.14. The molecule has 0 aliphatic carbocycles. The van der Waals surface area contributed by atoms with Crippen molar-refractivity contribution >= 4 is 5.78 Å². The number of benzene rings is 1. The average molecular weight is 236 g/mol. The van der Waals surface area contributed by atoms with Gasteiger partial charge in [-0.2, -0.15) is 0 Å². The first-order valence-corrected chi connectivity index (χ1v) is 6.40. The van der Waals surface area contributed by atoms with Crippen LogP contribution >= 0.6 is 0 Å². The standard InChI is InChI=1S/C15H21FO/c1-4-6-12(7-5-2)15(17)13-9-8-11(3)10-14(13)16/h8-10,12H,4-7H2,1-3H3. The Labute approximate surface area is 103 Å². The summed E-state index contributed by atoms with van der Waals surface area (Å²) in [6.07, 6.45) is 3.62. The van der Waals surface area contributed by atoms with Gasteiger partial charge in [0.15, 0.2) is 5.78 Å². The van der Waals surface area contributed by atoms with Gasteiger partial charge in [0.2, 0.25) is 0 Å². The number of hydrogen-bond donors (Lipinski definition) is 0. The molecule has 1 aromatic carbocycles. The van der Waals surface area contributed by atoms with Crippen LogP contribution in [-0.4, -0.2) is 5.78 Å². The van der Waals surface area contributed by atoms with E-state index in [-0.39, 0.29) is 23.1 Å². The molecule has 17 heavy (non-hydrogen) atoms. The molecule has 1 aromatic rings. The summed E-state index contributed by atoms with van der Waals surface area (Å²) in [4.78, 5) is 12.2. The van der Waals surface area contributed by atoms with E-state index in [9.17, 15) is 9.18 Å². The van der Waals surface area contributed by atoms with Gasteiger partial charge in [-0.3, -0.25) is 4.79 Å².